The SMILES string of the molecule is COc1cc([C@@H]2CC(=O)N(CC(=O)N3CCCC3)c3ccccc3S2)cc(OC)c1OC. The van der Waals surface area contributed by atoms with Crippen LogP contribution in [-0.2, 0) is 9.59 Å². The third kappa shape index (κ3) is 4.37. The Balaban J connectivity index is 1.67. The Kier molecular flexibility index (Phi) is 6.79. The first-order chi connectivity index (χ1) is 15.5. The van der Waals surface area contributed by atoms with E-state index in [1.165, 1.54) is 0 Å². The van der Waals surface area contributed by atoms with E-state index < -0.39 is 0 Å². The summed E-state index contributed by atoms with van der Waals surface area (Å²) >= 11 is 1.61. The molecule has 8 heteroatoms. The average molecular weight is 457 g/mol. The minimum Gasteiger partial charge on any atom is -0.493 e. The second-order valence-corrected chi connectivity index (χ2v) is 9.05. The van der Waals surface area contributed by atoms with E-state index in [1.54, 1.807) is 38.0 Å². The zero-order valence-electron chi connectivity index (χ0n) is 18.6. The Morgan fingerprint density at radius 2 is 1.69 bits per heavy atom. The van der Waals surface area contributed by atoms with Crippen molar-refractivity contribution in [3.05, 3.63) is 42.0 Å². The molecule has 0 aromatic heterocycles. The molecule has 0 radical (unpaired) electrons. The van der Waals surface area contributed by atoms with E-state index in [-0.39, 0.29) is 30.0 Å². The quantitative estimate of drug-likeness (QED) is 0.657. The summed E-state index contributed by atoms with van der Waals surface area (Å²) in [7, 11) is 4.72. The maximum Gasteiger partial charge on any atom is 0.242 e. The van der Waals surface area contributed by atoms with Gasteiger partial charge in [0.15, 0.2) is 11.5 Å². The van der Waals surface area contributed by atoms with E-state index in [2.05, 4.69) is 0 Å². The van der Waals surface area contributed by atoms with E-state index in [0.29, 0.717) is 17.2 Å². The maximum absolute atomic E-state index is 13.4. The van der Waals surface area contributed by atoms with Gasteiger partial charge in [-0.2, -0.15) is 0 Å². The minimum absolute atomic E-state index is 0.00175. The van der Waals surface area contributed by atoms with Crippen molar-refractivity contribution in [2.24, 2.45) is 0 Å². The molecule has 0 bridgehead atoms. The van der Waals surface area contributed by atoms with Crippen LogP contribution in [0.5, 0.6) is 17.2 Å². The molecule has 2 aromatic carbocycles. The number of fused-ring (bicyclic) bond motifs is 1. The van der Waals surface area contributed by atoms with E-state index in [4.69, 9.17) is 14.2 Å². The number of rotatable bonds is 6. The van der Waals surface area contributed by atoms with Crippen molar-refractivity contribution in [1.82, 2.24) is 4.90 Å². The highest BCUT2D eigenvalue weighted by molar-refractivity contribution is 7.99. The number of hydrogen-bond acceptors (Lipinski definition) is 6. The number of benzene rings is 2. The number of ether oxygens (including phenoxy) is 3. The lowest BCUT2D eigenvalue weighted by atomic mass is 10.1. The molecule has 2 aromatic rings. The molecule has 2 amide bonds. The minimum atomic E-state index is -0.163. The predicted octanol–water partition coefficient (Wildman–Crippen LogP) is 3.90. The van der Waals surface area contributed by atoms with Gasteiger partial charge in [0, 0.05) is 29.7 Å². The molecule has 2 aliphatic rings. The number of amides is 2. The van der Waals surface area contributed by atoms with Crippen molar-refractivity contribution in [3.8, 4) is 17.2 Å². The van der Waals surface area contributed by atoms with E-state index in [9.17, 15) is 9.59 Å². The molecule has 1 saturated heterocycles. The number of likely N-dealkylation sites (tertiary alicyclic amines) is 1. The van der Waals surface area contributed by atoms with E-state index in [1.807, 2.05) is 41.3 Å². The number of methoxy groups -OCH3 is 3. The van der Waals surface area contributed by atoms with Crippen molar-refractivity contribution < 1.29 is 23.8 Å². The third-order valence-corrected chi connectivity index (χ3v) is 7.22. The second kappa shape index (κ2) is 9.73. The number of anilines is 1. The van der Waals surface area contributed by atoms with Crippen molar-refractivity contribution in [1.29, 1.82) is 0 Å². The normalized spacial score (nSPS) is 18.2. The monoisotopic (exact) mass is 456 g/mol. The Bertz CT molecular complexity index is 981. The average Bonchev–Trinajstić information content (AvgIpc) is 3.32. The Hall–Kier alpha value is -2.87. The molecule has 4 rings (SSSR count). The number of thioether (sulfide) groups is 1. The fourth-order valence-electron chi connectivity index (χ4n) is 4.23. The molecule has 2 aliphatic heterocycles. The topological polar surface area (TPSA) is 68.3 Å². The number of nitrogens with zero attached hydrogens (tertiary/aromatic N) is 2. The van der Waals surface area contributed by atoms with Crippen molar-refractivity contribution >= 4 is 29.3 Å². The number of para-hydroxylation sites is 1. The lowest BCUT2D eigenvalue weighted by Gasteiger charge is -2.25. The molecule has 0 unspecified atom stereocenters. The van der Waals surface area contributed by atoms with Gasteiger partial charge in [0.05, 0.1) is 27.0 Å². The largest absolute Gasteiger partial charge is 0.493 e. The summed E-state index contributed by atoms with van der Waals surface area (Å²) in [4.78, 5) is 30.7. The van der Waals surface area contributed by atoms with Gasteiger partial charge in [-0.25, -0.2) is 0 Å². The Morgan fingerprint density at radius 3 is 2.31 bits per heavy atom. The van der Waals surface area contributed by atoms with Gasteiger partial charge in [0.1, 0.15) is 6.54 Å². The zero-order valence-corrected chi connectivity index (χ0v) is 19.4. The van der Waals surface area contributed by atoms with Gasteiger partial charge in [-0.15, -0.1) is 11.8 Å². The summed E-state index contributed by atoms with van der Waals surface area (Å²) in [5, 5.41) is -0.163. The fourth-order valence-corrected chi connectivity index (χ4v) is 5.49. The molecule has 1 fully saturated rings. The van der Waals surface area contributed by atoms with Crippen LogP contribution in [0.25, 0.3) is 0 Å². The molecule has 170 valence electrons. The second-order valence-electron chi connectivity index (χ2n) is 7.80. The van der Waals surface area contributed by atoms with Gasteiger partial charge in [0.25, 0.3) is 0 Å². The van der Waals surface area contributed by atoms with Crippen LogP contribution in [0.1, 0.15) is 30.1 Å². The molecule has 0 N–H and O–H groups in total. The molecule has 2 heterocycles. The summed E-state index contributed by atoms with van der Waals surface area (Å²) < 4.78 is 16.5. The highest BCUT2D eigenvalue weighted by atomic mass is 32.2. The smallest absolute Gasteiger partial charge is 0.242 e. The van der Waals surface area contributed by atoms with Gasteiger partial charge in [-0.3, -0.25) is 9.59 Å². The van der Waals surface area contributed by atoms with Gasteiger partial charge >= 0.3 is 0 Å². The Morgan fingerprint density at radius 1 is 1.03 bits per heavy atom. The van der Waals surface area contributed by atoms with Crippen molar-refractivity contribution in [2.45, 2.75) is 29.4 Å². The van der Waals surface area contributed by atoms with Crippen LogP contribution in [0, 0.1) is 0 Å². The maximum atomic E-state index is 13.4. The predicted molar refractivity (Wildman–Crippen MR) is 124 cm³/mol. The molecule has 32 heavy (non-hydrogen) atoms. The fraction of sp³-hybridized carbons (Fsp3) is 0.417. The van der Waals surface area contributed by atoms with Crippen LogP contribution < -0.4 is 19.1 Å². The van der Waals surface area contributed by atoms with Crippen LogP contribution in [0.15, 0.2) is 41.3 Å². The molecule has 0 aliphatic carbocycles. The van der Waals surface area contributed by atoms with Crippen molar-refractivity contribution in [2.75, 3.05) is 45.9 Å². The summed E-state index contributed by atoms with van der Waals surface area (Å²) in [6.07, 6.45) is 2.30. The van der Waals surface area contributed by atoms with Crippen molar-refractivity contribution in [3.63, 3.8) is 0 Å². The highest BCUT2D eigenvalue weighted by Crippen LogP contribution is 2.49. The summed E-state index contributed by atoms with van der Waals surface area (Å²) in [5.74, 6) is 1.54. The van der Waals surface area contributed by atoms with Crippen LogP contribution in [0.4, 0.5) is 5.69 Å². The summed E-state index contributed by atoms with van der Waals surface area (Å²) in [6.45, 7) is 1.61. The standard InChI is InChI=1S/C24H28N2O5S/c1-29-18-12-16(13-19(30-2)24(18)31-3)21-14-22(27)26(15-23(28)25-10-6-7-11-25)17-8-4-5-9-20(17)32-21/h4-5,8-9,12-13,21H,6-7,10-11,14-15H2,1-3H3/t21-/m0/s1. The number of hydrogen-bond donors (Lipinski definition) is 0. The lowest BCUT2D eigenvalue weighted by Crippen LogP contribution is -2.42. The Labute approximate surface area is 192 Å². The first kappa shape index (κ1) is 22.3. The van der Waals surface area contributed by atoms with Crippen LogP contribution in [-0.4, -0.2) is 57.7 Å². The van der Waals surface area contributed by atoms with E-state index >= 15 is 0 Å². The summed E-state index contributed by atoms with van der Waals surface area (Å²) in [6, 6.07) is 11.5. The van der Waals surface area contributed by atoms with E-state index in [0.717, 1.165) is 42.1 Å². The first-order valence-corrected chi connectivity index (χ1v) is 11.6. The first-order valence-electron chi connectivity index (χ1n) is 10.7. The van der Waals surface area contributed by atoms with Crippen LogP contribution in [0.3, 0.4) is 0 Å². The molecule has 1 atom stereocenters. The van der Waals surface area contributed by atoms with Gasteiger partial charge in [0.2, 0.25) is 17.6 Å². The molecule has 7 nitrogen and oxygen atoms in total. The highest BCUT2D eigenvalue weighted by Gasteiger charge is 2.32. The van der Waals surface area contributed by atoms with Gasteiger partial charge < -0.3 is 24.0 Å². The molecular weight excluding hydrogens is 428 g/mol. The molecular formula is C24H28N2O5S. The lowest BCUT2D eigenvalue weighted by molar-refractivity contribution is -0.130. The molecule has 0 spiro atoms. The summed E-state index contributed by atoms with van der Waals surface area (Å²) in [5.41, 5.74) is 1.69. The number of carbonyl (C=O) groups excluding carboxylic acids is 2. The third-order valence-electron chi connectivity index (χ3n) is 5.90. The molecule has 0 saturated carbocycles. The number of carbonyl (C=O) groups is 2. The van der Waals surface area contributed by atoms with Gasteiger partial charge in [-0.05, 0) is 42.7 Å². The van der Waals surface area contributed by atoms with Crippen LogP contribution >= 0.6 is 11.8 Å². The van der Waals surface area contributed by atoms with Crippen LogP contribution in [0.2, 0.25) is 0 Å². The zero-order chi connectivity index (χ0) is 22.7. The van der Waals surface area contributed by atoms with Gasteiger partial charge in [-0.1, -0.05) is 12.1 Å².